The Morgan fingerprint density at radius 2 is 1.95 bits per heavy atom. The molecule has 2 nitrogen and oxygen atoms in total. The van der Waals surface area contributed by atoms with Crippen molar-refractivity contribution in [3.8, 4) is 0 Å². The van der Waals surface area contributed by atoms with Gasteiger partial charge in [0, 0.05) is 19.1 Å². The molecule has 1 aliphatic carbocycles. The van der Waals surface area contributed by atoms with Gasteiger partial charge in [-0.15, -0.1) is 0 Å². The number of nitrogens with two attached hydrogens (primary N) is 1. The van der Waals surface area contributed by atoms with Crippen LogP contribution in [0.3, 0.4) is 0 Å². The zero-order chi connectivity index (χ0) is 15.4. The maximum Gasteiger partial charge on any atom is 0.0642 e. The minimum atomic E-state index is 0.175. The van der Waals surface area contributed by atoms with E-state index < -0.39 is 0 Å². The summed E-state index contributed by atoms with van der Waals surface area (Å²) < 4.78 is 0. The second kappa shape index (κ2) is 7.51. The lowest BCUT2D eigenvalue weighted by Crippen LogP contribution is -2.35. The maximum absolute atomic E-state index is 6.50. The van der Waals surface area contributed by atoms with Crippen molar-refractivity contribution in [1.82, 2.24) is 0 Å². The Labute approximate surface area is 134 Å². The van der Waals surface area contributed by atoms with Gasteiger partial charge in [-0.2, -0.15) is 0 Å². The minimum Gasteiger partial charge on any atom is -0.370 e. The molecule has 2 rings (SSSR count). The quantitative estimate of drug-likeness (QED) is 0.859. The van der Waals surface area contributed by atoms with Crippen molar-refractivity contribution in [2.45, 2.75) is 64.5 Å². The lowest BCUT2D eigenvalue weighted by atomic mass is 9.84. The maximum atomic E-state index is 6.50. The van der Waals surface area contributed by atoms with E-state index in [4.69, 9.17) is 17.3 Å². The fourth-order valence-corrected chi connectivity index (χ4v) is 3.81. The van der Waals surface area contributed by atoms with Crippen LogP contribution in [-0.4, -0.2) is 19.1 Å². The summed E-state index contributed by atoms with van der Waals surface area (Å²) in [5, 5.41) is 0.855. The van der Waals surface area contributed by atoms with Crippen LogP contribution in [0.15, 0.2) is 18.2 Å². The number of nitrogens with zero attached hydrogens (tertiary/aromatic N) is 1. The summed E-state index contributed by atoms with van der Waals surface area (Å²) in [6.45, 7) is 4.34. The first-order valence-electron chi connectivity index (χ1n) is 8.28. The average Bonchev–Trinajstić information content (AvgIpc) is 2.46. The highest BCUT2D eigenvalue weighted by Crippen LogP contribution is 2.34. The fraction of sp³-hybridized carbons (Fsp3) is 0.667. The SMILES string of the molecule is CCC1CCC(N(C)c2ccc(CC(C)N)cc2Cl)CC1. The van der Waals surface area contributed by atoms with Crippen molar-refractivity contribution >= 4 is 17.3 Å². The van der Waals surface area contributed by atoms with Gasteiger partial charge < -0.3 is 10.6 Å². The molecule has 3 heteroatoms. The van der Waals surface area contributed by atoms with Gasteiger partial charge in [0.25, 0.3) is 0 Å². The zero-order valence-electron chi connectivity index (χ0n) is 13.6. The normalized spacial score (nSPS) is 23.9. The van der Waals surface area contributed by atoms with E-state index in [1.54, 1.807) is 0 Å². The molecule has 1 aromatic rings. The summed E-state index contributed by atoms with van der Waals surface area (Å²) in [5.74, 6) is 0.929. The molecule has 1 aromatic carbocycles. The van der Waals surface area contributed by atoms with Gasteiger partial charge in [0.1, 0.15) is 0 Å². The lowest BCUT2D eigenvalue weighted by molar-refractivity contribution is 0.313. The highest BCUT2D eigenvalue weighted by atomic mass is 35.5. The summed E-state index contributed by atoms with van der Waals surface area (Å²) in [5.41, 5.74) is 8.24. The molecule has 21 heavy (non-hydrogen) atoms. The first-order valence-corrected chi connectivity index (χ1v) is 8.65. The Hall–Kier alpha value is -0.730. The number of benzene rings is 1. The molecule has 0 heterocycles. The van der Waals surface area contributed by atoms with Crippen LogP contribution < -0.4 is 10.6 Å². The Morgan fingerprint density at radius 1 is 1.29 bits per heavy atom. The molecule has 0 bridgehead atoms. The van der Waals surface area contributed by atoms with Gasteiger partial charge in [0.2, 0.25) is 0 Å². The second-order valence-electron chi connectivity index (χ2n) is 6.66. The molecule has 118 valence electrons. The lowest BCUT2D eigenvalue weighted by Gasteiger charge is -2.36. The third-order valence-electron chi connectivity index (χ3n) is 4.89. The van der Waals surface area contributed by atoms with Crippen LogP contribution in [0.25, 0.3) is 0 Å². The molecule has 1 saturated carbocycles. The second-order valence-corrected chi connectivity index (χ2v) is 7.07. The van der Waals surface area contributed by atoms with Gasteiger partial charge in [-0.3, -0.25) is 0 Å². The van der Waals surface area contributed by atoms with E-state index in [1.165, 1.54) is 37.7 Å². The molecule has 1 aliphatic rings. The molecule has 0 amide bonds. The van der Waals surface area contributed by atoms with E-state index in [-0.39, 0.29) is 6.04 Å². The molecule has 0 aliphatic heterocycles. The van der Waals surface area contributed by atoms with Gasteiger partial charge >= 0.3 is 0 Å². The van der Waals surface area contributed by atoms with Crippen LogP contribution in [0, 0.1) is 5.92 Å². The van der Waals surface area contributed by atoms with Gasteiger partial charge in [0.05, 0.1) is 10.7 Å². The van der Waals surface area contributed by atoms with Crippen molar-refractivity contribution in [2.24, 2.45) is 11.7 Å². The third-order valence-corrected chi connectivity index (χ3v) is 5.19. The largest absolute Gasteiger partial charge is 0.370 e. The average molecular weight is 309 g/mol. The first kappa shape index (κ1) is 16.6. The molecule has 1 atom stereocenters. The predicted molar refractivity (Wildman–Crippen MR) is 93.2 cm³/mol. The highest BCUT2D eigenvalue weighted by molar-refractivity contribution is 6.33. The summed E-state index contributed by atoms with van der Waals surface area (Å²) in [7, 11) is 2.18. The van der Waals surface area contributed by atoms with Gasteiger partial charge in [0.15, 0.2) is 0 Å². The van der Waals surface area contributed by atoms with Crippen LogP contribution in [0.2, 0.25) is 5.02 Å². The third kappa shape index (κ3) is 4.37. The topological polar surface area (TPSA) is 29.3 Å². The number of hydrogen-bond acceptors (Lipinski definition) is 2. The molecule has 1 unspecified atom stereocenters. The van der Waals surface area contributed by atoms with E-state index in [9.17, 15) is 0 Å². The van der Waals surface area contributed by atoms with Crippen molar-refractivity contribution in [3.05, 3.63) is 28.8 Å². The van der Waals surface area contributed by atoms with E-state index >= 15 is 0 Å². The molecular formula is C18H29ClN2. The van der Waals surface area contributed by atoms with Gasteiger partial charge in [-0.05, 0) is 62.6 Å². The van der Waals surface area contributed by atoms with Crippen molar-refractivity contribution < 1.29 is 0 Å². The minimum absolute atomic E-state index is 0.175. The summed E-state index contributed by atoms with van der Waals surface area (Å²) in [4.78, 5) is 2.38. The van der Waals surface area contributed by atoms with Crippen LogP contribution in [-0.2, 0) is 6.42 Å². The highest BCUT2D eigenvalue weighted by Gasteiger charge is 2.24. The number of rotatable bonds is 5. The Balaban J connectivity index is 2.04. The van der Waals surface area contributed by atoms with Gasteiger partial charge in [-0.25, -0.2) is 0 Å². The van der Waals surface area contributed by atoms with E-state index in [0.717, 1.165) is 23.0 Å². The molecule has 0 aromatic heterocycles. The predicted octanol–water partition coefficient (Wildman–Crippen LogP) is 4.63. The molecule has 0 spiro atoms. The van der Waals surface area contributed by atoms with E-state index in [2.05, 4.69) is 37.1 Å². The monoisotopic (exact) mass is 308 g/mol. The number of halogens is 1. The van der Waals surface area contributed by atoms with Crippen LogP contribution in [0.5, 0.6) is 0 Å². The van der Waals surface area contributed by atoms with Crippen molar-refractivity contribution in [3.63, 3.8) is 0 Å². The molecule has 0 radical (unpaired) electrons. The number of anilines is 1. The molecule has 2 N–H and O–H groups in total. The van der Waals surface area contributed by atoms with E-state index in [0.29, 0.717) is 6.04 Å². The Kier molecular flexibility index (Phi) is 5.95. The van der Waals surface area contributed by atoms with Crippen LogP contribution in [0.1, 0.15) is 51.5 Å². The Bertz CT molecular complexity index is 451. The standard InChI is InChI=1S/C18H29ClN2/c1-4-14-5-8-16(9-6-14)21(3)18-10-7-15(11-13(2)20)12-17(18)19/h7,10,12-14,16H,4-6,8-9,11,20H2,1-3H3. The summed E-state index contributed by atoms with van der Waals surface area (Å²) in [6, 6.07) is 7.21. The van der Waals surface area contributed by atoms with Crippen LogP contribution >= 0.6 is 11.6 Å². The molecule has 1 fully saturated rings. The molecular weight excluding hydrogens is 280 g/mol. The van der Waals surface area contributed by atoms with E-state index in [1.807, 2.05) is 6.92 Å². The first-order chi connectivity index (χ1) is 10.0. The van der Waals surface area contributed by atoms with Crippen LogP contribution in [0.4, 0.5) is 5.69 Å². The Morgan fingerprint density at radius 3 is 2.48 bits per heavy atom. The molecule has 0 saturated heterocycles. The van der Waals surface area contributed by atoms with Crippen molar-refractivity contribution in [1.29, 1.82) is 0 Å². The summed E-state index contributed by atoms with van der Waals surface area (Å²) in [6.07, 6.45) is 7.48. The number of hydrogen-bond donors (Lipinski definition) is 1. The smallest absolute Gasteiger partial charge is 0.0642 e. The zero-order valence-corrected chi connectivity index (χ0v) is 14.4. The fourth-order valence-electron chi connectivity index (χ4n) is 3.47. The van der Waals surface area contributed by atoms with Crippen molar-refractivity contribution in [2.75, 3.05) is 11.9 Å². The summed E-state index contributed by atoms with van der Waals surface area (Å²) >= 11 is 6.50. The van der Waals surface area contributed by atoms with Gasteiger partial charge in [-0.1, -0.05) is 31.0 Å².